The van der Waals surface area contributed by atoms with Crippen molar-refractivity contribution in [2.45, 2.75) is 37.5 Å². The number of benzene rings is 2. The van der Waals surface area contributed by atoms with Crippen LogP contribution in [-0.2, 0) is 27.0 Å². The van der Waals surface area contributed by atoms with E-state index in [1.165, 1.54) is 34.1 Å². The van der Waals surface area contributed by atoms with Gasteiger partial charge in [0.15, 0.2) is 0 Å². The molecule has 0 aromatic heterocycles. The average Bonchev–Trinajstić information content (AvgIpc) is 3.34. The smallest absolute Gasteiger partial charge is 0.326 e. The molecule has 5 amide bonds. The number of alkyl halides is 3. The Morgan fingerprint density at radius 1 is 1.05 bits per heavy atom. The van der Waals surface area contributed by atoms with Crippen molar-refractivity contribution in [3.05, 3.63) is 95.2 Å². The van der Waals surface area contributed by atoms with Crippen LogP contribution < -0.4 is 16.0 Å². The molecule has 3 aliphatic heterocycles. The number of hydrogen-bond acceptors (Lipinski definition) is 5. The van der Waals surface area contributed by atoms with E-state index in [2.05, 4.69) is 22.5 Å². The van der Waals surface area contributed by atoms with Gasteiger partial charge in [-0.1, -0.05) is 54.6 Å². The molecule has 43 heavy (non-hydrogen) atoms. The Morgan fingerprint density at radius 3 is 2.40 bits per heavy atom. The van der Waals surface area contributed by atoms with Crippen LogP contribution in [0, 0.1) is 5.92 Å². The number of piperidine rings is 1. The van der Waals surface area contributed by atoms with Crippen LogP contribution in [0.4, 0.5) is 18.0 Å². The lowest BCUT2D eigenvalue weighted by molar-refractivity contribution is -0.140. The Hall–Kier alpha value is -4.45. The van der Waals surface area contributed by atoms with Gasteiger partial charge in [-0.15, -0.1) is 6.58 Å². The zero-order valence-electron chi connectivity index (χ0n) is 23.3. The normalized spacial score (nSPS) is 20.0. The van der Waals surface area contributed by atoms with Crippen LogP contribution in [0.15, 0.2) is 78.5 Å². The fourth-order valence-electron chi connectivity index (χ4n) is 5.90. The molecule has 0 radical (unpaired) electrons. The van der Waals surface area contributed by atoms with Crippen LogP contribution in [0.5, 0.6) is 0 Å². The van der Waals surface area contributed by atoms with Gasteiger partial charge in [0, 0.05) is 18.9 Å². The first-order chi connectivity index (χ1) is 20.6. The molecular formula is C31H32F3N5O4. The van der Waals surface area contributed by atoms with E-state index < -0.39 is 47.6 Å². The fraction of sp³-hybridized carbons (Fsp3) is 0.355. The van der Waals surface area contributed by atoms with Gasteiger partial charge in [-0.25, -0.2) is 4.79 Å². The van der Waals surface area contributed by atoms with Crippen LogP contribution in [0.25, 0.3) is 0 Å². The molecule has 3 aliphatic rings. The van der Waals surface area contributed by atoms with Crippen LogP contribution in [0.3, 0.4) is 0 Å². The van der Waals surface area contributed by atoms with Crippen molar-refractivity contribution in [3.8, 4) is 0 Å². The number of urea groups is 1. The van der Waals surface area contributed by atoms with E-state index in [4.69, 9.17) is 0 Å². The van der Waals surface area contributed by atoms with Gasteiger partial charge < -0.3 is 15.5 Å². The van der Waals surface area contributed by atoms with Gasteiger partial charge in [-0.2, -0.15) is 13.2 Å². The second-order valence-electron chi connectivity index (χ2n) is 10.7. The van der Waals surface area contributed by atoms with Gasteiger partial charge in [-0.05, 0) is 43.1 Å². The highest BCUT2D eigenvalue weighted by atomic mass is 19.4. The molecule has 5 rings (SSSR count). The van der Waals surface area contributed by atoms with Crippen molar-refractivity contribution in [3.63, 3.8) is 0 Å². The van der Waals surface area contributed by atoms with E-state index in [1.807, 2.05) is 0 Å². The number of imide groups is 1. The molecule has 0 saturated carbocycles. The molecular weight excluding hydrogens is 563 g/mol. The first kappa shape index (κ1) is 30.0. The van der Waals surface area contributed by atoms with E-state index in [1.54, 1.807) is 30.3 Å². The molecule has 1 saturated heterocycles. The zero-order chi connectivity index (χ0) is 30.7. The second-order valence-corrected chi connectivity index (χ2v) is 10.7. The summed E-state index contributed by atoms with van der Waals surface area (Å²) in [5, 5.41) is 8.22. The maximum absolute atomic E-state index is 14.2. The van der Waals surface area contributed by atoms with E-state index in [0.717, 1.165) is 6.07 Å². The second kappa shape index (κ2) is 12.4. The Balaban J connectivity index is 1.52. The monoisotopic (exact) mass is 595 g/mol. The minimum Gasteiger partial charge on any atom is -0.326 e. The largest absolute Gasteiger partial charge is 0.416 e. The van der Waals surface area contributed by atoms with Crippen LogP contribution in [0.2, 0.25) is 0 Å². The summed E-state index contributed by atoms with van der Waals surface area (Å²) in [5.41, 5.74) is -0.429. The van der Waals surface area contributed by atoms with Gasteiger partial charge in [0.05, 0.1) is 29.4 Å². The molecule has 12 heteroatoms. The maximum atomic E-state index is 14.2. The number of amides is 5. The summed E-state index contributed by atoms with van der Waals surface area (Å²) in [7, 11) is 0. The molecule has 2 unspecified atom stereocenters. The Morgan fingerprint density at radius 2 is 1.72 bits per heavy atom. The fourth-order valence-corrected chi connectivity index (χ4v) is 5.90. The third kappa shape index (κ3) is 6.19. The number of carbonyl (C=O) groups is 4. The van der Waals surface area contributed by atoms with Crippen LogP contribution >= 0.6 is 0 Å². The predicted octanol–water partition coefficient (Wildman–Crippen LogP) is 3.31. The van der Waals surface area contributed by atoms with Crippen molar-refractivity contribution >= 4 is 23.8 Å². The summed E-state index contributed by atoms with van der Waals surface area (Å²) in [6.07, 6.45) is -2.14. The molecule has 2 aromatic rings. The Labute approximate surface area is 246 Å². The Bertz CT molecular complexity index is 1450. The Kier molecular flexibility index (Phi) is 8.67. The molecule has 2 atom stereocenters. The van der Waals surface area contributed by atoms with E-state index >= 15 is 0 Å². The van der Waals surface area contributed by atoms with Crippen molar-refractivity contribution in [2.24, 2.45) is 5.92 Å². The number of halogens is 3. The van der Waals surface area contributed by atoms with Crippen LogP contribution in [-0.4, -0.2) is 65.8 Å². The summed E-state index contributed by atoms with van der Waals surface area (Å²) in [6.45, 7) is 4.72. The average molecular weight is 596 g/mol. The minimum atomic E-state index is -4.74. The van der Waals surface area contributed by atoms with Gasteiger partial charge in [0.25, 0.3) is 5.91 Å². The molecule has 0 spiro atoms. The van der Waals surface area contributed by atoms with E-state index in [0.29, 0.717) is 31.5 Å². The lowest BCUT2D eigenvalue weighted by atomic mass is 9.91. The SMILES string of the molecule is C=CCN1C(=O)NC(c2ccccc2C(F)(F)F)C2=C1CN(C(Cc1ccccc1)C(=O)NC(=O)C1CCNCC1)C2=O. The lowest BCUT2D eigenvalue weighted by Gasteiger charge is -2.33. The van der Waals surface area contributed by atoms with Crippen molar-refractivity contribution in [2.75, 3.05) is 26.2 Å². The van der Waals surface area contributed by atoms with E-state index in [9.17, 15) is 32.3 Å². The topological polar surface area (TPSA) is 111 Å². The third-order valence-corrected chi connectivity index (χ3v) is 8.05. The summed E-state index contributed by atoms with van der Waals surface area (Å²) in [4.78, 5) is 56.6. The number of carbonyl (C=O) groups excluding carboxylic acids is 4. The lowest BCUT2D eigenvalue weighted by Crippen LogP contribution is -2.52. The first-order valence-electron chi connectivity index (χ1n) is 14.1. The van der Waals surface area contributed by atoms with E-state index in [-0.39, 0.29) is 42.3 Å². The third-order valence-electron chi connectivity index (χ3n) is 8.05. The van der Waals surface area contributed by atoms with Gasteiger partial charge in [0.2, 0.25) is 11.8 Å². The zero-order valence-corrected chi connectivity index (χ0v) is 23.3. The molecule has 1 fully saturated rings. The predicted molar refractivity (Wildman–Crippen MR) is 151 cm³/mol. The molecule has 3 N–H and O–H groups in total. The molecule has 2 aromatic carbocycles. The summed E-state index contributed by atoms with van der Waals surface area (Å²) >= 11 is 0. The number of nitrogens with zero attached hydrogens (tertiary/aromatic N) is 2. The molecule has 0 bridgehead atoms. The molecule has 9 nitrogen and oxygen atoms in total. The molecule has 226 valence electrons. The van der Waals surface area contributed by atoms with Gasteiger partial charge in [-0.3, -0.25) is 24.6 Å². The highest BCUT2D eigenvalue weighted by Crippen LogP contribution is 2.42. The summed E-state index contributed by atoms with van der Waals surface area (Å²) in [5.74, 6) is -2.19. The molecule has 3 heterocycles. The highest BCUT2D eigenvalue weighted by Gasteiger charge is 2.49. The van der Waals surface area contributed by atoms with Crippen LogP contribution in [0.1, 0.15) is 35.6 Å². The summed E-state index contributed by atoms with van der Waals surface area (Å²) < 4.78 is 42.1. The standard InChI is InChI=1S/C31H32F3N5O4/c1-2-16-38-24-18-39(29(42)25(24)26(36-30(38)43)21-10-6-7-11-22(21)31(32,33)34)23(17-19-8-4-3-5-9-19)28(41)37-27(40)20-12-14-35-15-13-20/h2-11,20,23,26,35H,1,12-18H2,(H,36,43)(H,37,40,41). The van der Waals surface area contributed by atoms with Crippen molar-refractivity contribution in [1.82, 2.24) is 25.8 Å². The number of rotatable bonds is 8. The minimum absolute atomic E-state index is 0.0107. The quantitative estimate of drug-likeness (QED) is 0.406. The van der Waals surface area contributed by atoms with Gasteiger partial charge in [0.1, 0.15) is 6.04 Å². The maximum Gasteiger partial charge on any atom is 0.416 e. The number of nitrogens with one attached hydrogen (secondary N) is 3. The number of hydrogen-bond donors (Lipinski definition) is 3. The van der Waals surface area contributed by atoms with Crippen molar-refractivity contribution < 1.29 is 32.3 Å². The van der Waals surface area contributed by atoms with Gasteiger partial charge >= 0.3 is 12.2 Å². The van der Waals surface area contributed by atoms with Crippen molar-refractivity contribution in [1.29, 1.82) is 0 Å². The first-order valence-corrected chi connectivity index (χ1v) is 14.1. The highest BCUT2D eigenvalue weighted by molar-refractivity contribution is 6.06. The summed E-state index contributed by atoms with van der Waals surface area (Å²) in [6, 6.07) is 10.4. The molecule has 0 aliphatic carbocycles.